The second kappa shape index (κ2) is 6.16. The van der Waals surface area contributed by atoms with Crippen molar-refractivity contribution < 1.29 is 9.50 Å². The Bertz CT molecular complexity index is 570. The average molecular weight is 273 g/mol. The summed E-state index contributed by atoms with van der Waals surface area (Å²) in [6.45, 7) is 4.38. The number of aryl methyl sites for hydroxylation is 1. The lowest BCUT2D eigenvalue weighted by Crippen LogP contribution is -2.42. The van der Waals surface area contributed by atoms with Crippen LogP contribution in [-0.2, 0) is 12.1 Å². The van der Waals surface area contributed by atoms with Crippen LogP contribution in [0, 0.1) is 12.7 Å². The van der Waals surface area contributed by atoms with Crippen molar-refractivity contribution in [1.82, 2.24) is 5.32 Å². The minimum absolute atomic E-state index is 0.0224. The Balaban J connectivity index is 2.17. The first-order chi connectivity index (χ1) is 9.55. The molecule has 3 heteroatoms. The van der Waals surface area contributed by atoms with E-state index in [0.29, 0.717) is 6.54 Å². The second-order valence-electron chi connectivity index (χ2n) is 5.28. The minimum Gasteiger partial charge on any atom is -0.394 e. The largest absolute Gasteiger partial charge is 0.394 e. The standard InChI is InChI=1S/C17H20FNO/c1-13-8-9-16(18)10-14(13)11-19-17(2,12-20)15-6-4-3-5-7-15/h3-10,19-20H,11-12H2,1-2H3. The van der Waals surface area contributed by atoms with Crippen molar-refractivity contribution in [3.8, 4) is 0 Å². The molecule has 0 heterocycles. The Labute approximate surface area is 119 Å². The van der Waals surface area contributed by atoms with E-state index in [1.54, 1.807) is 6.07 Å². The summed E-state index contributed by atoms with van der Waals surface area (Å²) in [5.41, 5.74) is 2.41. The van der Waals surface area contributed by atoms with E-state index in [-0.39, 0.29) is 12.4 Å². The summed E-state index contributed by atoms with van der Waals surface area (Å²) in [7, 11) is 0. The van der Waals surface area contributed by atoms with E-state index in [4.69, 9.17) is 0 Å². The van der Waals surface area contributed by atoms with E-state index in [1.807, 2.05) is 44.2 Å². The van der Waals surface area contributed by atoms with Crippen LogP contribution in [0.1, 0.15) is 23.6 Å². The Morgan fingerprint density at radius 3 is 2.50 bits per heavy atom. The first-order valence-corrected chi connectivity index (χ1v) is 6.71. The van der Waals surface area contributed by atoms with Crippen LogP contribution in [0.15, 0.2) is 48.5 Å². The van der Waals surface area contributed by atoms with Gasteiger partial charge in [-0.05, 0) is 42.7 Å². The molecule has 1 unspecified atom stereocenters. The quantitative estimate of drug-likeness (QED) is 0.877. The highest BCUT2D eigenvalue weighted by Gasteiger charge is 2.24. The van der Waals surface area contributed by atoms with Crippen LogP contribution in [0.2, 0.25) is 0 Å². The van der Waals surface area contributed by atoms with Crippen LogP contribution in [0.3, 0.4) is 0 Å². The second-order valence-corrected chi connectivity index (χ2v) is 5.28. The zero-order valence-electron chi connectivity index (χ0n) is 11.9. The molecular formula is C17H20FNO. The molecule has 0 amide bonds. The number of aliphatic hydroxyl groups is 1. The van der Waals surface area contributed by atoms with E-state index >= 15 is 0 Å². The van der Waals surface area contributed by atoms with Crippen molar-refractivity contribution in [1.29, 1.82) is 0 Å². The van der Waals surface area contributed by atoms with Gasteiger partial charge in [0.2, 0.25) is 0 Å². The molecule has 0 aromatic heterocycles. The summed E-state index contributed by atoms with van der Waals surface area (Å²) in [5.74, 6) is -0.238. The lowest BCUT2D eigenvalue weighted by Gasteiger charge is -2.30. The summed E-state index contributed by atoms with van der Waals surface area (Å²) in [4.78, 5) is 0. The van der Waals surface area contributed by atoms with Crippen LogP contribution >= 0.6 is 0 Å². The van der Waals surface area contributed by atoms with Gasteiger partial charge >= 0.3 is 0 Å². The van der Waals surface area contributed by atoms with Crippen LogP contribution in [0.4, 0.5) is 4.39 Å². The average Bonchev–Trinajstić information content (AvgIpc) is 2.49. The van der Waals surface area contributed by atoms with Crippen molar-refractivity contribution >= 4 is 0 Å². The fourth-order valence-electron chi connectivity index (χ4n) is 2.18. The van der Waals surface area contributed by atoms with Gasteiger partial charge in [0.1, 0.15) is 5.82 Å². The fourth-order valence-corrected chi connectivity index (χ4v) is 2.18. The fraction of sp³-hybridized carbons (Fsp3) is 0.294. The molecule has 0 aliphatic carbocycles. The van der Waals surface area contributed by atoms with Crippen molar-refractivity contribution in [3.63, 3.8) is 0 Å². The van der Waals surface area contributed by atoms with E-state index < -0.39 is 5.54 Å². The number of rotatable bonds is 5. The van der Waals surface area contributed by atoms with Crippen molar-refractivity contribution in [2.75, 3.05) is 6.61 Å². The predicted molar refractivity (Wildman–Crippen MR) is 78.9 cm³/mol. The van der Waals surface area contributed by atoms with Gasteiger partial charge < -0.3 is 10.4 Å². The molecule has 0 saturated heterocycles. The highest BCUT2D eigenvalue weighted by Crippen LogP contribution is 2.21. The molecular weight excluding hydrogens is 253 g/mol. The zero-order chi connectivity index (χ0) is 14.6. The SMILES string of the molecule is Cc1ccc(F)cc1CNC(C)(CO)c1ccccc1. The van der Waals surface area contributed by atoms with E-state index in [1.165, 1.54) is 12.1 Å². The molecule has 0 aliphatic heterocycles. The van der Waals surface area contributed by atoms with Crippen LogP contribution in [0.5, 0.6) is 0 Å². The summed E-state index contributed by atoms with van der Waals surface area (Å²) >= 11 is 0. The molecule has 0 saturated carbocycles. The molecule has 2 nitrogen and oxygen atoms in total. The van der Waals surface area contributed by atoms with Gasteiger partial charge in [0.25, 0.3) is 0 Å². The van der Waals surface area contributed by atoms with Crippen LogP contribution in [-0.4, -0.2) is 11.7 Å². The van der Waals surface area contributed by atoms with Crippen molar-refractivity contribution in [2.45, 2.75) is 25.9 Å². The molecule has 106 valence electrons. The van der Waals surface area contributed by atoms with Gasteiger partial charge in [0.15, 0.2) is 0 Å². The molecule has 2 rings (SSSR count). The maximum atomic E-state index is 13.3. The van der Waals surface area contributed by atoms with Crippen LogP contribution < -0.4 is 5.32 Å². The molecule has 0 spiro atoms. The third-order valence-corrected chi connectivity index (χ3v) is 3.71. The maximum absolute atomic E-state index is 13.3. The summed E-state index contributed by atoms with van der Waals surface area (Å²) in [5, 5.41) is 13.0. The van der Waals surface area contributed by atoms with Gasteiger partial charge in [-0.25, -0.2) is 4.39 Å². The molecule has 0 radical (unpaired) electrons. The molecule has 2 aromatic carbocycles. The van der Waals surface area contributed by atoms with Gasteiger partial charge in [-0.3, -0.25) is 0 Å². The van der Waals surface area contributed by atoms with E-state index in [9.17, 15) is 9.50 Å². The first-order valence-electron chi connectivity index (χ1n) is 6.71. The minimum atomic E-state index is -0.542. The molecule has 0 aliphatic rings. The van der Waals surface area contributed by atoms with Gasteiger partial charge in [-0.1, -0.05) is 36.4 Å². The highest BCUT2D eigenvalue weighted by atomic mass is 19.1. The molecule has 2 aromatic rings. The van der Waals surface area contributed by atoms with Gasteiger partial charge in [0.05, 0.1) is 12.1 Å². The molecule has 0 fully saturated rings. The van der Waals surface area contributed by atoms with Crippen molar-refractivity contribution in [2.24, 2.45) is 0 Å². The lowest BCUT2D eigenvalue weighted by molar-refractivity contribution is 0.173. The van der Waals surface area contributed by atoms with E-state index in [0.717, 1.165) is 16.7 Å². The molecule has 2 N–H and O–H groups in total. The van der Waals surface area contributed by atoms with E-state index in [2.05, 4.69) is 5.32 Å². The third kappa shape index (κ3) is 3.24. The molecule has 0 bridgehead atoms. The van der Waals surface area contributed by atoms with Gasteiger partial charge in [-0.15, -0.1) is 0 Å². The normalized spacial score (nSPS) is 14.0. The number of hydrogen-bond donors (Lipinski definition) is 2. The Morgan fingerprint density at radius 2 is 1.85 bits per heavy atom. The number of benzene rings is 2. The topological polar surface area (TPSA) is 32.3 Å². The molecule has 1 atom stereocenters. The Kier molecular flexibility index (Phi) is 4.53. The smallest absolute Gasteiger partial charge is 0.123 e. The summed E-state index contributed by atoms with van der Waals surface area (Å²) in [6.07, 6.45) is 0. The number of nitrogens with one attached hydrogen (secondary N) is 1. The number of hydrogen-bond acceptors (Lipinski definition) is 2. The number of halogens is 1. The lowest BCUT2D eigenvalue weighted by atomic mass is 9.92. The first kappa shape index (κ1) is 14.7. The summed E-state index contributed by atoms with van der Waals surface area (Å²) < 4.78 is 13.3. The zero-order valence-corrected chi connectivity index (χ0v) is 11.9. The third-order valence-electron chi connectivity index (χ3n) is 3.71. The Hall–Kier alpha value is -1.71. The van der Waals surface area contributed by atoms with Crippen LogP contribution in [0.25, 0.3) is 0 Å². The Morgan fingerprint density at radius 1 is 1.15 bits per heavy atom. The molecule has 20 heavy (non-hydrogen) atoms. The monoisotopic (exact) mass is 273 g/mol. The maximum Gasteiger partial charge on any atom is 0.123 e. The van der Waals surface area contributed by atoms with Crippen molar-refractivity contribution in [3.05, 3.63) is 71.0 Å². The highest BCUT2D eigenvalue weighted by molar-refractivity contribution is 5.28. The van der Waals surface area contributed by atoms with Gasteiger partial charge in [0, 0.05) is 6.54 Å². The van der Waals surface area contributed by atoms with Gasteiger partial charge in [-0.2, -0.15) is 0 Å². The summed E-state index contributed by atoms with van der Waals surface area (Å²) in [6, 6.07) is 14.5. The number of aliphatic hydroxyl groups excluding tert-OH is 1. The predicted octanol–water partition coefficient (Wildman–Crippen LogP) is 3.13.